The van der Waals surface area contributed by atoms with Crippen LogP contribution in [-0.2, 0) is 22.7 Å². The van der Waals surface area contributed by atoms with Gasteiger partial charge in [0.1, 0.15) is 15.6 Å². The van der Waals surface area contributed by atoms with Gasteiger partial charge in [-0.15, -0.1) is 0 Å². The Labute approximate surface area is 198 Å². The van der Waals surface area contributed by atoms with Gasteiger partial charge in [0.25, 0.3) is 5.91 Å². The number of alkyl halides is 3. The summed E-state index contributed by atoms with van der Waals surface area (Å²) in [5.74, 6) is -0.701. The SMILES string of the molecule is CCn1cc(S(=O)(=O)N2CCN(C(=O)c3nn4c(C(F)(F)F)cc(C)nc4c3Cl)CC2)c(C)n1. The summed E-state index contributed by atoms with van der Waals surface area (Å²) in [5.41, 5.74) is -1.31. The van der Waals surface area contributed by atoms with Crippen molar-refractivity contribution in [3.8, 4) is 0 Å². The van der Waals surface area contributed by atoms with E-state index in [1.165, 1.54) is 27.0 Å². The van der Waals surface area contributed by atoms with E-state index < -0.39 is 27.8 Å². The minimum absolute atomic E-state index is 0.000960. The lowest BCUT2D eigenvalue weighted by molar-refractivity contribution is -0.142. The first-order chi connectivity index (χ1) is 15.8. The molecular formula is C19H21ClF3N7O3S. The van der Waals surface area contributed by atoms with Crippen molar-refractivity contribution in [1.82, 2.24) is 33.6 Å². The van der Waals surface area contributed by atoms with Crippen LogP contribution < -0.4 is 0 Å². The molecule has 0 N–H and O–H groups in total. The number of halogens is 4. The minimum atomic E-state index is -4.73. The Bertz CT molecular complexity index is 1380. The average Bonchev–Trinajstić information content (AvgIpc) is 3.32. The highest BCUT2D eigenvalue weighted by Crippen LogP contribution is 2.32. The van der Waals surface area contributed by atoms with E-state index in [1.54, 1.807) is 6.92 Å². The number of carbonyl (C=O) groups excluding carboxylic acids is 1. The quantitative estimate of drug-likeness (QED) is 0.524. The molecule has 0 unspecified atom stereocenters. The van der Waals surface area contributed by atoms with Crippen molar-refractivity contribution in [2.75, 3.05) is 26.2 Å². The van der Waals surface area contributed by atoms with Gasteiger partial charge in [0.05, 0.1) is 5.69 Å². The van der Waals surface area contributed by atoms with Crippen LogP contribution in [0.25, 0.3) is 5.65 Å². The highest BCUT2D eigenvalue weighted by atomic mass is 35.5. The standard InChI is InChI=1S/C19H21ClF3N7O3S/c1-4-28-10-13(12(3)25-28)34(32,33)29-7-5-27(6-8-29)18(31)16-15(20)17-24-11(2)9-14(19(21,22)23)30(17)26-16/h9-10H,4-8H2,1-3H3. The Morgan fingerprint density at radius 1 is 1.15 bits per heavy atom. The lowest BCUT2D eigenvalue weighted by atomic mass is 10.3. The molecule has 0 radical (unpaired) electrons. The summed E-state index contributed by atoms with van der Waals surface area (Å²) in [6.07, 6.45) is -3.27. The molecule has 0 aliphatic carbocycles. The van der Waals surface area contributed by atoms with Gasteiger partial charge in [-0.25, -0.2) is 17.9 Å². The largest absolute Gasteiger partial charge is 0.433 e. The molecule has 184 valence electrons. The predicted molar refractivity (Wildman–Crippen MR) is 115 cm³/mol. The number of fused-ring (bicyclic) bond motifs is 1. The number of rotatable bonds is 4. The number of hydrogen-bond acceptors (Lipinski definition) is 6. The molecule has 4 rings (SSSR count). The number of aromatic nitrogens is 5. The maximum absolute atomic E-state index is 13.4. The first-order valence-corrected chi connectivity index (χ1v) is 12.1. The Kier molecular flexibility index (Phi) is 6.10. The second kappa shape index (κ2) is 8.50. The number of aryl methyl sites for hydroxylation is 3. The van der Waals surface area contributed by atoms with E-state index in [0.717, 1.165) is 6.07 Å². The number of hydrogen-bond donors (Lipinski definition) is 0. The molecule has 1 aliphatic heterocycles. The van der Waals surface area contributed by atoms with Gasteiger partial charge in [0.2, 0.25) is 10.0 Å². The van der Waals surface area contributed by atoms with E-state index in [1.807, 2.05) is 6.92 Å². The first-order valence-electron chi connectivity index (χ1n) is 10.3. The molecule has 1 amide bonds. The van der Waals surface area contributed by atoms with Crippen molar-refractivity contribution in [3.63, 3.8) is 0 Å². The van der Waals surface area contributed by atoms with Crippen LogP contribution >= 0.6 is 11.6 Å². The molecule has 3 aromatic rings. The number of piperazine rings is 1. The fourth-order valence-corrected chi connectivity index (χ4v) is 5.62. The molecule has 4 heterocycles. The van der Waals surface area contributed by atoms with E-state index in [-0.39, 0.29) is 53.1 Å². The van der Waals surface area contributed by atoms with Gasteiger partial charge in [-0.2, -0.15) is 27.7 Å². The van der Waals surface area contributed by atoms with E-state index in [2.05, 4.69) is 15.2 Å². The van der Waals surface area contributed by atoms with Crippen LogP contribution in [0.15, 0.2) is 17.2 Å². The first kappa shape index (κ1) is 24.4. The van der Waals surface area contributed by atoms with Crippen molar-refractivity contribution < 1.29 is 26.4 Å². The van der Waals surface area contributed by atoms with Crippen LogP contribution in [0.1, 0.15) is 34.5 Å². The monoisotopic (exact) mass is 519 g/mol. The van der Waals surface area contributed by atoms with Gasteiger partial charge >= 0.3 is 6.18 Å². The molecule has 0 bridgehead atoms. The predicted octanol–water partition coefficient (Wildman–Crippen LogP) is 2.38. The van der Waals surface area contributed by atoms with Crippen molar-refractivity contribution in [2.24, 2.45) is 0 Å². The lowest BCUT2D eigenvalue weighted by Gasteiger charge is -2.33. The van der Waals surface area contributed by atoms with E-state index >= 15 is 0 Å². The Hall–Kier alpha value is -2.71. The number of amides is 1. The minimum Gasteiger partial charge on any atom is -0.335 e. The van der Waals surface area contributed by atoms with Crippen LogP contribution in [0.3, 0.4) is 0 Å². The smallest absolute Gasteiger partial charge is 0.335 e. The molecule has 3 aromatic heterocycles. The zero-order chi connectivity index (χ0) is 25.0. The van der Waals surface area contributed by atoms with Crippen molar-refractivity contribution in [2.45, 2.75) is 38.4 Å². The van der Waals surface area contributed by atoms with Gasteiger partial charge in [-0.05, 0) is 26.8 Å². The van der Waals surface area contributed by atoms with E-state index in [4.69, 9.17) is 11.6 Å². The molecule has 1 fully saturated rings. The summed E-state index contributed by atoms with van der Waals surface area (Å²) < 4.78 is 69.7. The van der Waals surface area contributed by atoms with Gasteiger partial charge in [0, 0.05) is 44.6 Å². The highest BCUT2D eigenvalue weighted by molar-refractivity contribution is 7.89. The Morgan fingerprint density at radius 3 is 2.35 bits per heavy atom. The van der Waals surface area contributed by atoms with Gasteiger partial charge in [0.15, 0.2) is 11.3 Å². The molecule has 0 spiro atoms. The number of nitrogens with zero attached hydrogens (tertiary/aromatic N) is 7. The molecule has 34 heavy (non-hydrogen) atoms. The summed E-state index contributed by atoms with van der Waals surface area (Å²) in [7, 11) is -3.82. The average molecular weight is 520 g/mol. The summed E-state index contributed by atoms with van der Waals surface area (Å²) in [5, 5.41) is 7.68. The van der Waals surface area contributed by atoms with Crippen LogP contribution in [0.4, 0.5) is 13.2 Å². The van der Waals surface area contributed by atoms with Crippen LogP contribution in [-0.4, -0.2) is 74.1 Å². The maximum atomic E-state index is 13.4. The van der Waals surface area contributed by atoms with Crippen LogP contribution in [0.2, 0.25) is 5.02 Å². The number of sulfonamides is 1. The van der Waals surface area contributed by atoms with E-state index in [0.29, 0.717) is 16.8 Å². The van der Waals surface area contributed by atoms with Crippen molar-refractivity contribution in [1.29, 1.82) is 0 Å². The number of carbonyl (C=O) groups is 1. The summed E-state index contributed by atoms with van der Waals surface area (Å²) in [4.78, 5) is 18.4. The van der Waals surface area contributed by atoms with Crippen molar-refractivity contribution >= 4 is 33.2 Å². The molecule has 10 nitrogen and oxygen atoms in total. The molecule has 15 heteroatoms. The molecular weight excluding hydrogens is 499 g/mol. The topological polar surface area (TPSA) is 106 Å². The summed E-state index contributed by atoms with van der Waals surface area (Å²) in [6, 6.07) is 0.816. The molecule has 1 saturated heterocycles. The molecule has 0 atom stereocenters. The Morgan fingerprint density at radius 2 is 1.79 bits per heavy atom. The zero-order valence-corrected chi connectivity index (χ0v) is 20.0. The van der Waals surface area contributed by atoms with Gasteiger partial charge in [-0.1, -0.05) is 11.6 Å². The normalized spacial score (nSPS) is 15.9. The second-order valence-electron chi connectivity index (χ2n) is 7.81. The maximum Gasteiger partial charge on any atom is 0.433 e. The van der Waals surface area contributed by atoms with Crippen molar-refractivity contribution in [3.05, 3.63) is 40.1 Å². The third kappa shape index (κ3) is 4.14. The van der Waals surface area contributed by atoms with Gasteiger partial charge < -0.3 is 4.90 Å². The molecule has 1 aliphatic rings. The zero-order valence-electron chi connectivity index (χ0n) is 18.5. The second-order valence-corrected chi connectivity index (χ2v) is 10.1. The third-order valence-corrected chi connectivity index (χ3v) is 7.87. The lowest BCUT2D eigenvalue weighted by Crippen LogP contribution is -2.50. The van der Waals surface area contributed by atoms with E-state index in [9.17, 15) is 26.4 Å². The Balaban J connectivity index is 1.57. The fourth-order valence-electron chi connectivity index (χ4n) is 3.79. The summed E-state index contributed by atoms with van der Waals surface area (Å²) in [6.45, 7) is 5.38. The van der Waals surface area contributed by atoms with Gasteiger partial charge in [-0.3, -0.25) is 9.48 Å². The van der Waals surface area contributed by atoms with Crippen LogP contribution in [0.5, 0.6) is 0 Å². The highest BCUT2D eigenvalue weighted by Gasteiger charge is 2.38. The third-order valence-electron chi connectivity index (χ3n) is 5.52. The fraction of sp³-hybridized carbons (Fsp3) is 0.474. The van der Waals surface area contributed by atoms with Crippen LogP contribution in [0, 0.1) is 13.8 Å². The molecule has 0 saturated carbocycles. The summed E-state index contributed by atoms with van der Waals surface area (Å²) >= 11 is 6.20. The molecule has 0 aromatic carbocycles.